The summed E-state index contributed by atoms with van der Waals surface area (Å²) in [5.41, 5.74) is 0.670. The van der Waals surface area contributed by atoms with Crippen molar-refractivity contribution < 1.29 is 18.4 Å². The highest BCUT2D eigenvalue weighted by Crippen LogP contribution is 2.37. The Labute approximate surface area is 172 Å². The molecule has 2 fully saturated rings. The molecule has 0 unspecified atom stereocenters. The molecule has 0 atom stereocenters. The number of hydrogen-bond acceptors (Lipinski definition) is 5. The number of rotatable bonds is 4. The lowest BCUT2D eigenvalue weighted by atomic mass is 9.88. The molecule has 2 aromatic rings. The number of halogens is 2. The molecule has 1 saturated carbocycles. The van der Waals surface area contributed by atoms with Gasteiger partial charge in [0.1, 0.15) is 11.3 Å². The number of alkyl halides is 2. The fourth-order valence-corrected chi connectivity index (χ4v) is 4.10. The molecule has 30 heavy (non-hydrogen) atoms. The van der Waals surface area contributed by atoms with Gasteiger partial charge in [0.25, 0.3) is 11.8 Å². The summed E-state index contributed by atoms with van der Waals surface area (Å²) in [7, 11) is 0. The summed E-state index contributed by atoms with van der Waals surface area (Å²) >= 11 is 0. The van der Waals surface area contributed by atoms with Crippen molar-refractivity contribution in [3.8, 4) is 0 Å². The number of H-pyrrole nitrogens is 1. The van der Waals surface area contributed by atoms with Crippen LogP contribution in [-0.2, 0) is 4.79 Å². The Hall–Kier alpha value is -3.04. The quantitative estimate of drug-likeness (QED) is 0.742. The first-order chi connectivity index (χ1) is 14.1. The predicted molar refractivity (Wildman–Crippen MR) is 108 cm³/mol. The molecule has 2 aromatic heterocycles. The Morgan fingerprint density at radius 1 is 1.33 bits per heavy atom. The van der Waals surface area contributed by atoms with Crippen LogP contribution in [0.1, 0.15) is 37.0 Å². The van der Waals surface area contributed by atoms with Gasteiger partial charge in [-0.15, -0.1) is 0 Å². The third-order valence-electron chi connectivity index (χ3n) is 5.70. The molecule has 2 N–H and O–H groups in total. The number of carbonyl (C=O) groups excluding carboxylic acids is 2. The van der Waals surface area contributed by atoms with Crippen molar-refractivity contribution in [1.82, 2.24) is 25.2 Å². The van der Waals surface area contributed by atoms with Gasteiger partial charge in [0.2, 0.25) is 5.91 Å². The van der Waals surface area contributed by atoms with Crippen LogP contribution in [-0.4, -0.2) is 68.8 Å². The Morgan fingerprint density at radius 3 is 2.70 bits per heavy atom. The van der Waals surface area contributed by atoms with Crippen molar-refractivity contribution in [2.24, 2.45) is 0 Å². The lowest BCUT2D eigenvalue weighted by Crippen LogP contribution is -2.61. The van der Waals surface area contributed by atoms with Crippen LogP contribution in [0, 0.1) is 0 Å². The van der Waals surface area contributed by atoms with Crippen LogP contribution in [0.3, 0.4) is 0 Å². The average molecular weight is 418 g/mol. The van der Waals surface area contributed by atoms with Crippen LogP contribution in [0.2, 0.25) is 0 Å². The van der Waals surface area contributed by atoms with Crippen molar-refractivity contribution in [3.63, 3.8) is 0 Å². The van der Waals surface area contributed by atoms with Crippen molar-refractivity contribution in [1.29, 1.82) is 0 Å². The van der Waals surface area contributed by atoms with Gasteiger partial charge in [0.05, 0.1) is 17.3 Å². The summed E-state index contributed by atoms with van der Waals surface area (Å²) in [5.74, 6) is -2.68. The number of anilines is 1. The zero-order chi connectivity index (χ0) is 21.7. The number of nitrogens with zero attached hydrogens (tertiary/aromatic N) is 4. The van der Waals surface area contributed by atoms with E-state index in [0.717, 1.165) is 0 Å². The van der Waals surface area contributed by atoms with Crippen molar-refractivity contribution in [2.45, 2.75) is 44.2 Å². The van der Waals surface area contributed by atoms with E-state index in [2.05, 4.69) is 26.8 Å². The highest BCUT2D eigenvalue weighted by Gasteiger charge is 2.46. The lowest BCUT2D eigenvalue weighted by molar-refractivity contribution is -0.131. The van der Waals surface area contributed by atoms with E-state index < -0.39 is 23.4 Å². The Morgan fingerprint density at radius 2 is 2.07 bits per heavy atom. The molecule has 1 saturated heterocycles. The summed E-state index contributed by atoms with van der Waals surface area (Å²) < 4.78 is 26.1. The first kappa shape index (κ1) is 20.2. The van der Waals surface area contributed by atoms with Crippen LogP contribution >= 0.6 is 0 Å². The molecular formula is C20H24F2N6O2. The summed E-state index contributed by atoms with van der Waals surface area (Å²) in [5, 5.41) is 2.63. The SMILES string of the molecule is C=CC(=O)N1CCN(c2cnc3[nH]cc(C(=O)NC4CC(F)(F)C4)c3n2)CC1(C)C. The molecule has 3 heterocycles. The Kier molecular flexibility index (Phi) is 4.74. The van der Waals surface area contributed by atoms with Gasteiger partial charge in [-0.3, -0.25) is 9.59 Å². The molecule has 0 radical (unpaired) electrons. The monoisotopic (exact) mass is 418 g/mol. The maximum atomic E-state index is 13.0. The number of hydrogen-bond donors (Lipinski definition) is 2. The largest absolute Gasteiger partial charge is 0.351 e. The van der Waals surface area contributed by atoms with Crippen molar-refractivity contribution in [2.75, 3.05) is 24.5 Å². The van der Waals surface area contributed by atoms with Gasteiger partial charge in [-0.1, -0.05) is 6.58 Å². The molecule has 1 aliphatic heterocycles. The third-order valence-corrected chi connectivity index (χ3v) is 5.70. The molecule has 2 aliphatic rings. The summed E-state index contributed by atoms with van der Waals surface area (Å²) in [4.78, 5) is 40.3. The van der Waals surface area contributed by atoms with Gasteiger partial charge in [-0.25, -0.2) is 18.7 Å². The highest BCUT2D eigenvalue weighted by atomic mass is 19.3. The van der Waals surface area contributed by atoms with Crippen LogP contribution in [0.4, 0.5) is 14.6 Å². The minimum atomic E-state index is -2.70. The topological polar surface area (TPSA) is 94.2 Å². The van der Waals surface area contributed by atoms with Crippen LogP contribution in [0.25, 0.3) is 11.2 Å². The molecule has 8 nitrogen and oxygen atoms in total. The number of fused-ring (bicyclic) bond motifs is 1. The summed E-state index contributed by atoms with van der Waals surface area (Å²) in [6, 6.07) is -0.537. The van der Waals surface area contributed by atoms with Crippen molar-refractivity contribution >= 4 is 28.8 Å². The fraction of sp³-hybridized carbons (Fsp3) is 0.500. The van der Waals surface area contributed by atoms with Crippen LogP contribution < -0.4 is 10.2 Å². The minimum Gasteiger partial charge on any atom is -0.351 e. The normalized spacial score (nSPS) is 20.7. The maximum Gasteiger partial charge on any atom is 0.255 e. The molecule has 160 valence electrons. The zero-order valence-corrected chi connectivity index (χ0v) is 16.9. The lowest BCUT2D eigenvalue weighted by Gasteiger charge is -2.47. The zero-order valence-electron chi connectivity index (χ0n) is 16.9. The minimum absolute atomic E-state index is 0.118. The molecule has 0 bridgehead atoms. The highest BCUT2D eigenvalue weighted by molar-refractivity contribution is 6.04. The molecule has 10 heteroatoms. The first-order valence-electron chi connectivity index (χ1n) is 9.81. The second-order valence-corrected chi connectivity index (χ2v) is 8.49. The standard InChI is InChI=1S/C20H24F2N6O2/c1-4-15(29)28-6-5-27(11-19(28,2)3)14-10-24-17-16(26-14)13(9-23-17)18(30)25-12-7-20(21,22)8-12/h4,9-10,12H,1,5-8,11H2,2-3H3,(H,23,24)(H,25,30). The molecule has 1 aliphatic carbocycles. The predicted octanol–water partition coefficient (Wildman–Crippen LogP) is 2.10. The van der Waals surface area contributed by atoms with Gasteiger partial charge in [-0.05, 0) is 19.9 Å². The fourth-order valence-electron chi connectivity index (χ4n) is 4.10. The van der Waals surface area contributed by atoms with Gasteiger partial charge in [-0.2, -0.15) is 0 Å². The molecule has 0 spiro atoms. The number of amides is 2. The van der Waals surface area contributed by atoms with Crippen LogP contribution in [0.15, 0.2) is 25.0 Å². The smallest absolute Gasteiger partial charge is 0.255 e. The maximum absolute atomic E-state index is 13.0. The Bertz CT molecular complexity index is 1010. The van der Waals surface area contributed by atoms with E-state index in [4.69, 9.17) is 0 Å². The van der Waals surface area contributed by atoms with Gasteiger partial charge < -0.3 is 20.1 Å². The second-order valence-electron chi connectivity index (χ2n) is 8.49. The summed E-state index contributed by atoms with van der Waals surface area (Å²) in [6.45, 7) is 9.11. The van der Waals surface area contributed by atoms with E-state index in [-0.39, 0.29) is 24.3 Å². The Balaban J connectivity index is 1.54. The number of nitrogens with one attached hydrogen (secondary N) is 2. The summed E-state index contributed by atoms with van der Waals surface area (Å²) in [6.07, 6.45) is 3.73. The van der Waals surface area contributed by atoms with E-state index in [1.165, 1.54) is 12.3 Å². The number of aromatic amines is 1. The van der Waals surface area contributed by atoms with E-state index >= 15 is 0 Å². The van der Waals surface area contributed by atoms with Gasteiger partial charge in [0.15, 0.2) is 5.65 Å². The van der Waals surface area contributed by atoms with Crippen LogP contribution in [0.5, 0.6) is 0 Å². The van der Waals surface area contributed by atoms with Crippen molar-refractivity contribution in [3.05, 3.63) is 30.6 Å². The van der Waals surface area contributed by atoms with E-state index in [9.17, 15) is 18.4 Å². The first-order valence-corrected chi connectivity index (χ1v) is 9.81. The second kappa shape index (κ2) is 7.03. The number of carbonyl (C=O) groups is 2. The van der Waals surface area contributed by atoms with E-state index in [0.29, 0.717) is 36.6 Å². The van der Waals surface area contributed by atoms with E-state index in [1.54, 1.807) is 11.1 Å². The molecule has 0 aromatic carbocycles. The van der Waals surface area contributed by atoms with Gasteiger partial charge >= 0.3 is 0 Å². The van der Waals surface area contributed by atoms with E-state index in [1.807, 2.05) is 18.7 Å². The number of aromatic nitrogens is 3. The average Bonchev–Trinajstić information content (AvgIpc) is 3.08. The molecular weight excluding hydrogens is 394 g/mol. The molecule has 4 rings (SSSR count). The number of piperazine rings is 1. The van der Waals surface area contributed by atoms with Gasteiger partial charge in [0, 0.05) is 44.7 Å². The molecule has 2 amide bonds. The third kappa shape index (κ3) is 3.61.